The van der Waals surface area contributed by atoms with Gasteiger partial charge in [-0.05, 0) is 80.4 Å². The lowest BCUT2D eigenvalue weighted by Gasteiger charge is -2.55. The minimum Gasteiger partial charge on any atom is -0.480 e. The zero-order chi connectivity index (χ0) is 31.6. The molecule has 2 aromatic carbocycles. The molecule has 1 heterocycles. The number of carbonyl (C=O) groups is 4. The zero-order valence-electron chi connectivity index (χ0n) is 25.6. The van der Waals surface area contributed by atoms with Crippen LogP contribution in [0.25, 0.3) is 10.9 Å². The van der Waals surface area contributed by atoms with Crippen LogP contribution >= 0.6 is 0 Å². The second-order valence-electron chi connectivity index (χ2n) is 13.6. The summed E-state index contributed by atoms with van der Waals surface area (Å²) in [5.41, 5.74) is 0.735. The highest BCUT2D eigenvalue weighted by atomic mass is 16.6. The number of carboxylic acid groups (broad SMARTS) is 1. The van der Waals surface area contributed by atoms with E-state index >= 15 is 0 Å². The molecule has 3 aromatic rings. The van der Waals surface area contributed by atoms with Crippen LogP contribution in [0, 0.1) is 17.8 Å². The van der Waals surface area contributed by atoms with Gasteiger partial charge < -0.3 is 30.8 Å². The topological polar surface area (TPSA) is 150 Å². The number of carboxylic acids is 1. The number of aromatic nitrogens is 1. The number of hydrogen-bond donors (Lipinski definition) is 5. The fourth-order valence-electron chi connectivity index (χ4n) is 8.24. The molecule has 3 amide bonds. The van der Waals surface area contributed by atoms with Crippen LogP contribution in [0.4, 0.5) is 4.79 Å². The number of alkyl carbamates (subject to hydrolysis) is 1. The minimum absolute atomic E-state index is 0.0302. The fraction of sp³-hybridized carbons (Fsp3) is 0.486. The van der Waals surface area contributed by atoms with Crippen molar-refractivity contribution in [1.29, 1.82) is 0 Å². The van der Waals surface area contributed by atoms with Gasteiger partial charge in [-0.1, -0.05) is 48.5 Å². The molecular weight excluding hydrogens is 572 g/mol. The van der Waals surface area contributed by atoms with Gasteiger partial charge in [-0.15, -0.1) is 0 Å². The average molecular weight is 615 g/mol. The molecule has 4 aliphatic rings. The largest absolute Gasteiger partial charge is 0.480 e. The molecule has 10 heteroatoms. The highest BCUT2D eigenvalue weighted by Crippen LogP contribution is 2.57. The molecule has 2 atom stereocenters. The predicted molar refractivity (Wildman–Crippen MR) is 168 cm³/mol. The summed E-state index contributed by atoms with van der Waals surface area (Å²) in [6.07, 6.45) is 7.78. The van der Waals surface area contributed by atoms with E-state index in [4.69, 9.17) is 4.74 Å². The Bertz CT molecular complexity index is 1530. The van der Waals surface area contributed by atoms with Gasteiger partial charge in [0.2, 0.25) is 11.8 Å². The van der Waals surface area contributed by atoms with Crippen LogP contribution in [0.1, 0.15) is 63.0 Å². The highest BCUT2D eigenvalue weighted by Gasteiger charge is 2.53. The molecule has 4 bridgehead atoms. The van der Waals surface area contributed by atoms with Crippen LogP contribution in [0.2, 0.25) is 0 Å². The Balaban J connectivity index is 1.11. The summed E-state index contributed by atoms with van der Waals surface area (Å²) in [4.78, 5) is 55.0. The molecule has 238 valence electrons. The molecule has 0 aliphatic heterocycles. The molecule has 0 saturated heterocycles. The molecule has 2 unspecified atom stereocenters. The van der Waals surface area contributed by atoms with E-state index in [-0.39, 0.29) is 25.8 Å². The number of para-hydroxylation sites is 1. The Morgan fingerprint density at radius 1 is 0.978 bits per heavy atom. The summed E-state index contributed by atoms with van der Waals surface area (Å²) in [6, 6.07) is 15.7. The van der Waals surface area contributed by atoms with Crippen molar-refractivity contribution in [3.8, 4) is 0 Å². The summed E-state index contributed by atoms with van der Waals surface area (Å²) in [5, 5.41) is 18.9. The fourth-order valence-corrected chi connectivity index (χ4v) is 8.24. The summed E-state index contributed by atoms with van der Waals surface area (Å²) in [6.45, 7) is 1.64. The predicted octanol–water partition coefficient (Wildman–Crippen LogP) is 4.48. The summed E-state index contributed by atoms with van der Waals surface area (Å²) in [5.74, 6) is -0.281. The van der Waals surface area contributed by atoms with Crippen LogP contribution in [-0.4, -0.2) is 57.7 Å². The van der Waals surface area contributed by atoms with E-state index in [2.05, 4.69) is 20.9 Å². The van der Waals surface area contributed by atoms with Gasteiger partial charge in [0, 0.05) is 42.9 Å². The van der Waals surface area contributed by atoms with Crippen molar-refractivity contribution in [2.45, 2.75) is 81.9 Å². The van der Waals surface area contributed by atoms with Gasteiger partial charge >= 0.3 is 12.1 Å². The number of nitrogens with one attached hydrogen (secondary N) is 4. The highest BCUT2D eigenvalue weighted by molar-refractivity contribution is 5.92. The smallest absolute Gasteiger partial charge is 0.408 e. The van der Waals surface area contributed by atoms with Crippen LogP contribution in [0.5, 0.6) is 0 Å². The first-order valence-corrected chi connectivity index (χ1v) is 16.0. The second-order valence-corrected chi connectivity index (χ2v) is 13.6. The van der Waals surface area contributed by atoms with Crippen LogP contribution in [0.3, 0.4) is 0 Å². The maximum absolute atomic E-state index is 13.8. The van der Waals surface area contributed by atoms with Gasteiger partial charge in [0.1, 0.15) is 17.2 Å². The van der Waals surface area contributed by atoms with E-state index in [1.54, 1.807) is 19.1 Å². The van der Waals surface area contributed by atoms with E-state index in [1.165, 1.54) is 19.3 Å². The van der Waals surface area contributed by atoms with Crippen molar-refractivity contribution in [3.63, 3.8) is 0 Å². The Kier molecular flexibility index (Phi) is 8.57. The molecule has 0 spiro atoms. The van der Waals surface area contributed by atoms with Gasteiger partial charge in [0.05, 0.1) is 0 Å². The first-order chi connectivity index (χ1) is 21.6. The van der Waals surface area contributed by atoms with Crippen molar-refractivity contribution in [2.24, 2.45) is 17.8 Å². The van der Waals surface area contributed by atoms with Gasteiger partial charge in [0.25, 0.3) is 0 Å². The van der Waals surface area contributed by atoms with E-state index in [1.807, 2.05) is 48.7 Å². The van der Waals surface area contributed by atoms with Crippen LogP contribution in [0.15, 0.2) is 60.8 Å². The monoisotopic (exact) mass is 614 g/mol. The van der Waals surface area contributed by atoms with Gasteiger partial charge in [0.15, 0.2) is 0 Å². The number of aromatic amines is 1. The summed E-state index contributed by atoms with van der Waals surface area (Å²) < 4.78 is 6.20. The lowest BCUT2D eigenvalue weighted by molar-refractivity contribution is -0.141. The van der Waals surface area contributed by atoms with Crippen molar-refractivity contribution in [1.82, 2.24) is 20.9 Å². The zero-order valence-corrected chi connectivity index (χ0v) is 25.6. The third-order valence-corrected chi connectivity index (χ3v) is 9.94. The van der Waals surface area contributed by atoms with Crippen molar-refractivity contribution in [2.75, 3.05) is 6.54 Å². The summed E-state index contributed by atoms with van der Waals surface area (Å²) in [7, 11) is 0. The number of benzene rings is 2. The molecule has 10 nitrogen and oxygen atoms in total. The number of hydrogen-bond acceptors (Lipinski definition) is 5. The number of carbonyl (C=O) groups excluding carboxylic acids is 3. The number of H-pyrrole nitrogens is 1. The van der Waals surface area contributed by atoms with E-state index in [0.29, 0.717) is 17.8 Å². The molecule has 5 N–H and O–H groups in total. The van der Waals surface area contributed by atoms with Crippen molar-refractivity contribution < 1.29 is 29.0 Å². The third kappa shape index (κ3) is 7.00. The second kappa shape index (κ2) is 12.6. The van der Waals surface area contributed by atoms with E-state index in [9.17, 15) is 24.3 Å². The average Bonchev–Trinajstić information content (AvgIpc) is 3.38. The number of fused-ring (bicyclic) bond motifs is 1. The Morgan fingerprint density at radius 3 is 2.29 bits per heavy atom. The number of amides is 3. The first-order valence-electron chi connectivity index (χ1n) is 16.0. The van der Waals surface area contributed by atoms with Crippen LogP contribution in [-0.2, 0) is 32.0 Å². The standard InChI is InChI=1S/C35H42N4O6/c1-34(20-26-21-37-28-10-6-5-9-27(26)28,39-33(44)45-35-17-23-13-24(18-35)15-25(14-23)19-35)32(43)36-12-11-30(40)38-29(31(41)42)16-22-7-3-2-4-8-22/h2-10,21,23-25,29,37H,11-20H2,1H3,(H,36,43)(H,38,40)(H,39,44)(H,41,42). The van der Waals surface area contributed by atoms with Crippen LogP contribution < -0.4 is 16.0 Å². The number of aliphatic carboxylic acids is 1. The Labute approximate surface area is 262 Å². The molecule has 7 rings (SSSR count). The SMILES string of the molecule is CC(Cc1c[nH]c2ccccc12)(NC(=O)OC12CC3CC(CC(C3)C1)C2)C(=O)NCCC(=O)NC(Cc1ccccc1)C(=O)O. The lowest BCUT2D eigenvalue weighted by Crippen LogP contribution is -2.61. The molecule has 4 saturated carbocycles. The normalized spacial score (nSPS) is 25.2. The maximum atomic E-state index is 13.8. The van der Waals surface area contributed by atoms with E-state index < -0.39 is 41.1 Å². The Hall–Kier alpha value is -4.34. The molecule has 4 fully saturated rings. The van der Waals surface area contributed by atoms with Crippen molar-refractivity contribution in [3.05, 3.63) is 71.9 Å². The molecule has 0 radical (unpaired) electrons. The summed E-state index contributed by atoms with van der Waals surface area (Å²) >= 11 is 0. The molecular formula is C35H42N4O6. The van der Waals surface area contributed by atoms with Gasteiger partial charge in [-0.3, -0.25) is 9.59 Å². The van der Waals surface area contributed by atoms with Crippen molar-refractivity contribution >= 4 is 34.8 Å². The molecule has 45 heavy (non-hydrogen) atoms. The quantitative estimate of drug-likeness (QED) is 0.203. The first kappa shape index (κ1) is 30.7. The van der Waals surface area contributed by atoms with E-state index in [0.717, 1.165) is 41.3 Å². The number of rotatable bonds is 12. The lowest BCUT2D eigenvalue weighted by atomic mass is 9.54. The number of ether oxygens (including phenoxy) is 1. The van der Waals surface area contributed by atoms with Gasteiger partial charge in [-0.25, -0.2) is 9.59 Å². The minimum atomic E-state index is -1.38. The van der Waals surface area contributed by atoms with Gasteiger partial charge in [-0.2, -0.15) is 0 Å². The third-order valence-electron chi connectivity index (χ3n) is 9.94. The maximum Gasteiger partial charge on any atom is 0.408 e. The molecule has 1 aromatic heterocycles. The Morgan fingerprint density at radius 2 is 1.62 bits per heavy atom. The molecule has 4 aliphatic carbocycles.